The minimum Gasteiger partial charge on any atom is -0.459 e. The Labute approximate surface area is 897 Å². The van der Waals surface area contributed by atoms with E-state index in [4.69, 9.17) is 9.15 Å². The molecular weight excluding hydrogens is 1890 g/mol. The number of amides is 3. The summed E-state index contributed by atoms with van der Waals surface area (Å²) in [4.78, 5) is 105. The number of aromatic nitrogens is 13. The Balaban J connectivity index is 0.00000161. The van der Waals surface area contributed by atoms with Gasteiger partial charge in [-0.25, -0.2) is 8.42 Å². The number of sulfone groups is 1. The van der Waals surface area contributed by atoms with Crippen LogP contribution in [0.1, 0.15) is 327 Å². The first-order valence-electron chi connectivity index (χ1n) is 53.8. The van der Waals surface area contributed by atoms with Crippen LogP contribution in [-0.2, 0) is 120 Å². The van der Waals surface area contributed by atoms with Crippen molar-refractivity contribution in [1.82, 2.24) is 90.0 Å². The van der Waals surface area contributed by atoms with Gasteiger partial charge in [-0.3, -0.25) is 72.0 Å². The topological polar surface area (TPSA) is 371 Å². The number of pyridine rings is 1. The van der Waals surface area contributed by atoms with Crippen LogP contribution < -0.4 is 16.0 Å². The van der Waals surface area contributed by atoms with Crippen LogP contribution in [0.15, 0.2) is 176 Å². The van der Waals surface area contributed by atoms with Gasteiger partial charge >= 0.3 is 5.97 Å². The first-order valence-corrected chi connectivity index (χ1v) is 55.6. The van der Waals surface area contributed by atoms with Gasteiger partial charge in [-0.2, -0.15) is 20.4 Å². The van der Waals surface area contributed by atoms with Crippen LogP contribution in [-0.4, -0.2) is 168 Å². The second-order valence-electron chi connectivity index (χ2n) is 42.3. The van der Waals surface area contributed by atoms with Gasteiger partial charge in [0.15, 0.2) is 9.84 Å². The molecule has 2 aliphatic carbocycles. The predicted octanol–water partition coefficient (Wildman–Crippen LogP) is 22.8. The second-order valence-corrected chi connectivity index (χ2v) is 44.6. The smallest absolute Gasteiger partial charge is 0.308 e. The second kappa shape index (κ2) is 76.9. The van der Waals surface area contributed by atoms with E-state index in [2.05, 4.69) is 173 Å². The fourth-order valence-electron chi connectivity index (χ4n) is 13.2. The highest BCUT2D eigenvalue weighted by atomic mass is 32.2. The summed E-state index contributed by atoms with van der Waals surface area (Å²) in [5.41, 5.74) is 12.5. The number of allylic oxidation sites excluding steroid dienone is 4. The first kappa shape index (κ1) is 138. The van der Waals surface area contributed by atoms with Crippen LogP contribution in [0.5, 0.6) is 0 Å². The number of ether oxygens (including phenoxy) is 1. The lowest BCUT2D eigenvalue weighted by molar-refractivity contribution is -0.149. The lowest BCUT2D eigenvalue weighted by Gasteiger charge is -2.32. The molecule has 8 heterocycles. The van der Waals surface area contributed by atoms with Crippen molar-refractivity contribution in [1.29, 1.82) is 0 Å². The van der Waals surface area contributed by atoms with E-state index in [9.17, 15) is 46.8 Å². The van der Waals surface area contributed by atoms with E-state index in [1.54, 1.807) is 66.1 Å². The predicted molar refractivity (Wildman–Crippen MR) is 604 cm³/mol. The van der Waals surface area contributed by atoms with E-state index in [-0.39, 0.29) is 88.3 Å². The molecule has 3 aliphatic rings. The highest BCUT2D eigenvalue weighted by Gasteiger charge is 2.25. The summed E-state index contributed by atoms with van der Waals surface area (Å²) in [6, 6.07) is 19.9. The average molecular weight is 2090 g/mol. The van der Waals surface area contributed by atoms with Gasteiger partial charge in [-0.1, -0.05) is 279 Å². The van der Waals surface area contributed by atoms with Crippen LogP contribution in [0.2, 0.25) is 0 Å². The van der Waals surface area contributed by atoms with E-state index in [0.717, 1.165) is 84.5 Å². The van der Waals surface area contributed by atoms with Crippen molar-refractivity contribution in [2.24, 2.45) is 104 Å². The third kappa shape index (κ3) is 66.0. The molecule has 0 unspecified atom stereocenters. The highest BCUT2D eigenvalue weighted by Crippen LogP contribution is 2.34. The lowest BCUT2D eigenvalue weighted by Crippen LogP contribution is -2.40. The molecule has 1 aliphatic heterocycles. The number of Topliss-reactive ketones (excluding diaryl/α,β-unsaturated/α-hetero) is 4. The maximum Gasteiger partial charge on any atom is 0.308 e. The van der Waals surface area contributed by atoms with Crippen molar-refractivity contribution in [2.75, 3.05) is 38.2 Å². The van der Waals surface area contributed by atoms with Crippen LogP contribution in [0.3, 0.4) is 0 Å². The van der Waals surface area contributed by atoms with E-state index in [0.29, 0.717) is 124 Å². The molecule has 149 heavy (non-hydrogen) atoms. The fraction of sp³-hybridized carbons (Fsp3) is 0.619. The monoisotopic (exact) mass is 2090 g/mol. The van der Waals surface area contributed by atoms with Gasteiger partial charge in [-0.05, 0) is 134 Å². The van der Waals surface area contributed by atoms with Crippen LogP contribution >= 0.6 is 0 Å². The van der Waals surface area contributed by atoms with Crippen LogP contribution in [0.4, 0.5) is 0 Å². The molecule has 834 valence electrons. The first-order chi connectivity index (χ1) is 69.9. The number of hydrogen-bond donors (Lipinski definition) is 3. The Kier molecular flexibility index (Phi) is 71.0. The normalized spacial score (nSPS) is 12.8. The van der Waals surface area contributed by atoms with Gasteiger partial charge in [0.05, 0.1) is 60.0 Å². The Bertz CT molecular complexity index is 4930. The number of benzene rings is 1. The van der Waals surface area contributed by atoms with Crippen molar-refractivity contribution < 1.29 is 55.9 Å². The van der Waals surface area contributed by atoms with Crippen molar-refractivity contribution in [3.63, 3.8) is 0 Å². The molecule has 1 aromatic carbocycles. The van der Waals surface area contributed by atoms with Gasteiger partial charge in [0.25, 0.3) is 0 Å². The van der Waals surface area contributed by atoms with E-state index in [1.807, 2.05) is 222 Å². The van der Waals surface area contributed by atoms with Crippen LogP contribution in [0.25, 0.3) is 0 Å². The minimum atomic E-state index is -2.76. The minimum absolute atomic E-state index is 0.0108. The highest BCUT2D eigenvalue weighted by molar-refractivity contribution is 7.91. The molecule has 31 heteroatoms. The fourth-order valence-corrected chi connectivity index (χ4v) is 14.4. The zero-order valence-electron chi connectivity index (χ0n) is 97.4. The van der Waals surface area contributed by atoms with Crippen molar-refractivity contribution >= 4 is 56.7 Å². The van der Waals surface area contributed by atoms with Crippen molar-refractivity contribution in [2.45, 2.75) is 335 Å². The average Bonchev–Trinajstić information content (AvgIpc) is 1.60. The third-order valence-electron chi connectivity index (χ3n) is 25.0. The van der Waals surface area contributed by atoms with Gasteiger partial charge < -0.3 is 34.9 Å². The maximum absolute atomic E-state index is 11.5. The Morgan fingerprint density at radius 2 is 0.973 bits per heavy atom. The lowest BCUT2D eigenvalue weighted by atomic mass is 9.92. The van der Waals surface area contributed by atoms with Crippen molar-refractivity contribution in [3.05, 3.63) is 223 Å². The molecule has 2 saturated carbocycles. The number of nitrogens with zero attached hydrogens (tertiary/aromatic N) is 15. The molecule has 1 atom stereocenters. The van der Waals surface area contributed by atoms with Crippen molar-refractivity contribution in [3.8, 4) is 0 Å². The van der Waals surface area contributed by atoms with Gasteiger partial charge in [0, 0.05) is 208 Å². The zero-order valence-corrected chi connectivity index (χ0v) is 98.3. The Morgan fingerprint density at radius 3 is 1.40 bits per heavy atom. The largest absolute Gasteiger partial charge is 0.459 e. The molecule has 0 spiro atoms. The summed E-state index contributed by atoms with van der Waals surface area (Å²) >= 11 is 0. The number of nitrogens with one attached hydrogen (secondary N) is 3. The number of carbonyl (C=O) groups excluding carboxylic acids is 8. The quantitative estimate of drug-likeness (QED) is 0.0237. The summed E-state index contributed by atoms with van der Waals surface area (Å²) in [7, 11) is 4.80. The van der Waals surface area contributed by atoms with E-state index >= 15 is 0 Å². The molecule has 0 radical (unpaired) electrons. The maximum atomic E-state index is 11.5. The van der Waals surface area contributed by atoms with Gasteiger partial charge in [0.2, 0.25) is 29.5 Å². The third-order valence-corrected chi connectivity index (χ3v) is 26.6. The number of ketones is 4. The molecule has 3 amide bonds. The molecular formula is C118H194N18O12S. The Morgan fingerprint density at radius 1 is 0.477 bits per heavy atom. The number of rotatable bonds is 41. The molecule has 7 aromatic heterocycles. The molecule has 1 saturated heterocycles. The van der Waals surface area contributed by atoms with Gasteiger partial charge in [-0.15, -0.1) is 10.2 Å². The molecule has 3 N–H and O–H groups in total. The summed E-state index contributed by atoms with van der Waals surface area (Å²) in [5.74, 6) is 8.29. The molecule has 0 bridgehead atoms. The van der Waals surface area contributed by atoms with E-state index in [1.165, 1.54) is 79.5 Å². The SMILES string of the molecule is C=C(C(C)C)N1CCS(=O)(=O)CC1.C=C(CCC1CCCC1)C(C)C.C=C(CCc1ccnn1C)C(C)C.C=C(NCc1ccnn1C)C(C)C.CC(C)C(=O)CCC1CC1.CC(C)C(=O)C[C@H](C)c1ccccc1.CC(C)C(=O)NCc1ccncc1.CC(C)C(=O)NCc1cnccn1.CC(C)C(=O)OCc1ccnn1C.CCN(C)C(=O)C(C)C.Cc1cnn(CCC(=O)C(C)C)c1.Cc1nnc(CCC(=O)C(C)C)o1. The van der Waals surface area contributed by atoms with Gasteiger partial charge in [0.1, 0.15) is 29.7 Å². The molecule has 30 nitrogen and oxygen atoms in total. The number of carbonyl (C=O) groups is 8. The summed E-state index contributed by atoms with van der Waals surface area (Å²) in [6.07, 6.45) is 35.0. The number of aryl methyl sites for hydroxylation is 8. The zero-order chi connectivity index (χ0) is 113. The summed E-state index contributed by atoms with van der Waals surface area (Å²) in [6.45, 7) is 76.4. The van der Waals surface area contributed by atoms with E-state index < -0.39 is 9.84 Å². The summed E-state index contributed by atoms with van der Waals surface area (Å²) < 4.78 is 39.7. The number of esters is 1. The molecule has 3 fully saturated rings. The Hall–Kier alpha value is -11.5. The standard InChI is InChI=1S/C13H18O.C12H22.C11H18N2.C10H17N3.C10H16N2O.C10H14N2O.C9H13N3O.2C9H14N2O2.C9H17NO2S.C9H16O.C7H15NO/c1-10(2)13(14)9-11(3)12-7-5-4-6-8-12;1-10(2)11(3)8-9-12-6-4-5-7-12;1-9(2)10(3)5-6-11-7-8-12-13(11)4;1-8(2)9(3)11-7-10-5-6-12-13(10)4;1-8(2)10(13)4-5-12-7-9(3)6-11-12;1-8(2)10(13)12-7-9-3-5-11-6-4-9;1-7(2)9(13)12-6-8-5-10-3-4-11-8;1-7(2)9(12)13-6-8-4-5-10-11(8)3;1-6(2)8(12)4-5-9-11-10-7(3)13-9;1-8(2)9(3)10-4-6-13(11,12)7-5-10;1-7(2)9(10)6-5-8-3-4-8;1-5-8(4)7(9)6(2)3/h4-8,10-11H,9H2,1-3H3;10,12H,3-9H2,1-2H3;7-9H,3,5-6H2,1-2,4H3;5-6,8,11H,3,7H2,1-2,4H3;6-8H,4-5H2,1-3H3;3-6,8H,7H2,1-2H3,(H,12,13);3-5,7H,6H2,1-2H3,(H,12,13);4-5,7H,6H2,1-3H3;6H,4-5H2,1-3H3;8H,3-7H2,1-2H3;7-8H,3-6H2,1-2H3;6H,5H2,1-4H3/t11-;;;;;;;;;;;/m0.........../s1. The van der Waals surface area contributed by atoms with Crippen LogP contribution in [0, 0.1) is 96.7 Å². The summed E-state index contributed by atoms with van der Waals surface area (Å²) in [5, 5.41) is 32.6. The molecule has 11 rings (SSSR count). The number of hydrogen-bond acceptors (Lipinski definition) is 23. The molecule has 8 aromatic rings.